The molecule has 0 amide bonds. The van der Waals surface area contributed by atoms with Crippen LogP contribution in [0.1, 0.15) is 24.8 Å². The number of thioether (sulfide) groups is 2. The van der Waals surface area contributed by atoms with Crippen LogP contribution in [-0.2, 0) is 4.79 Å². The van der Waals surface area contributed by atoms with E-state index in [0.717, 1.165) is 15.6 Å². The van der Waals surface area contributed by atoms with Crippen LogP contribution in [0.3, 0.4) is 0 Å². The largest absolute Gasteiger partial charge is 0.494 e. The highest BCUT2D eigenvalue weighted by Crippen LogP contribution is 2.26. The lowest BCUT2D eigenvalue weighted by molar-refractivity contribution is -0.483. The molecule has 0 aliphatic carbocycles. The van der Waals surface area contributed by atoms with Crippen LogP contribution in [0.15, 0.2) is 34.6 Å². The van der Waals surface area contributed by atoms with E-state index < -0.39 is 5.92 Å². The molecule has 1 aromatic carbocycles. The number of allylic oxidation sites excluding steroid dienone is 1. The van der Waals surface area contributed by atoms with Gasteiger partial charge in [-0.05, 0) is 37.1 Å². The van der Waals surface area contributed by atoms with E-state index in [0.29, 0.717) is 6.61 Å². The van der Waals surface area contributed by atoms with Gasteiger partial charge in [0.1, 0.15) is 5.75 Å². The topological polar surface area (TPSA) is 69.4 Å². The highest BCUT2D eigenvalue weighted by molar-refractivity contribution is 8.21. The maximum atomic E-state index is 12.2. The normalized spacial score (nSPS) is 11.6. The number of carbonyl (C=O) groups excluding carboxylic acids is 1. The first kappa shape index (κ1) is 19.6. The molecule has 0 aliphatic rings. The number of hydrogen-bond donors (Lipinski definition) is 0. The molecule has 7 heteroatoms. The van der Waals surface area contributed by atoms with Crippen molar-refractivity contribution >= 4 is 29.3 Å². The van der Waals surface area contributed by atoms with Gasteiger partial charge in [0.25, 0.3) is 0 Å². The molecule has 0 heterocycles. The summed E-state index contributed by atoms with van der Waals surface area (Å²) in [6.07, 6.45) is 5.49. The highest BCUT2D eigenvalue weighted by Gasteiger charge is 2.21. The Balaban J connectivity index is 2.89. The van der Waals surface area contributed by atoms with Gasteiger partial charge in [-0.25, -0.2) is 0 Å². The second-order valence-corrected chi connectivity index (χ2v) is 6.71. The summed E-state index contributed by atoms with van der Waals surface area (Å²) in [7, 11) is 0. The van der Waals surface area contributed by atoms with Crippen molar-refractivity contribution in [2.45, 2.75) is 19.3 Å². The summed E-state index contributed by atoms with van der Waals surface area (Å²) in [6, 6.07) is 7.14. The molecule has 1 rings (SSSR count). The SMILES string of the molecule is CCOc1ccc(C(CC(=O)C=C(SC)SC)C[N+](=O)[O-])cc1. The molecule has 0 N–H and O–H groups in total. The molecule has 1 atom stereocenters. The molecular weight excluding hydrogens is 334 g/mol. The fourth-order valence-electron chi connectivity index (χ4n) is 2.11. The summed E-state index contributed by atoms with van der Waals surface area (Å²) in [6.45, 7) is 2.19. The standard InChI is InChI=1S/C16H21NO4S2/c1-4-21-15-7-5-12(6-8-15)13(11-17(19)20)9-14(18)10-16(22-2)23-3/h5-8,10,13H,4,9,11H2,1-3H3. The number of rotatable bonds is 10. The van der Waals surface area contributed by atoms with Gasteiger partial charge in [-0.1, -0.05) is 12.1 Å². The zero-order chi connectivity index (χ0) is 17.2. The highest BCUT2D eigenvalue weighted by atomic mass is 32.2. The van der Waals surface area contributed by atoms with Crippen molar-refractivity contribution in [1.82, 2.24) is 0 Å². The summed E-state index contributed by atoms with van der Waals surface area (Å²) in [5.74, 6) is 0.188. The molecule has 0 spiro atoms. The summed E-state index contributed by atoms with van der Waals surface area (Å²) < 4.78 is 6.27. The van der Waals surface area contributed by atoms with Gasteiger partial charge in [0.05, 0.1) is 12.5 Å². The van der Waals surface area contributed by atoms with Crippen molar-refractivity contribution in [3.05, 3.63) is 50.3 Å². The Morgan fingerprint density at radius 1 is 1.30 bits per heavy atom. The lowest BCUT2D eigenvalue weighted by Crippen LogP contribution is -2.16. The van der Waals surface area contributed by atoms with Crippen molar-refractivity contribution in [1.29, 1.82) is 0 Å². The Kier molecular flexibility index (Phi) is 8.79. The number of carbonyl (C=O) groups is 1. The minimum atomic E-state index is -0.436. The third-order valence-electron chi connectivity index (χ3n) is 3.16. The van der Waals surface area contributed by atoms with E-state index in [4.69, 9.17) is 4.74 Å². The first-order valence-corrected chi connectivity index (χ1v) is 9.62. The lowest BCUT2D eigenvalue weighted by Gasteiger charge is -2.13. The van der Waals surface area contributed by atoms with E-state index in [2.05, 4.69) is 0 Å². The monoisotopic (exact) mass is 355 g/mol. The van der Waals surface area contributed by atoms with Gasteiger partial charge in [0, 0.05) is 21.7 Å². The Bertz CT molecular complexity index is 552. The van der Waals surface area contributed by atoms with Crippen LogP contribution in [0.4, 0.5) is 0 Å². The van der Waals surface area contributed by atoms with E-state index in [1.807, 2.05) is 19.4 Å². The minimum absolute atomic E-state index is 0.0931. The Hall–Kier alpha value is -1.47. The molecule has 1 aromatic rings. The maximum absolute atomic E-state index is 12.2. The summed E-state index contributed by atoms with van der Waals surface area (Å²) in [4.78, 5) is 22.7. The predicted molar refractivity (Wildman–Crippen MR) is 97.0 cm³/mol. The number of ketones is 1. The molecular formula is C16H21NO4S2. The number of nitro groups is 1. The summed E-state index contributed by atoms with van der Waals surface area (Å²) in [5.41, 5.74) is 0.779. The van der Waals surface area contributed by atoms with Crippen molar-refractivity contribution < 1.29 is 14.5 Å². The second-order valence-electron chi connectivity index (χ2n) is 4.76. The molecule has 0 saturated carbocycles. The molecule has 0 saturated heterocycles. The first-order valence-electron chi connectivity index (χ1n) is 7.17. The van der Waals surface area contributed by atoms with Crippen LogP contribution >= 0.6 is 23.5 Å². The average Bonchev–Trinajstić information content (AvgIpc) is 2.52. The van der Waals surface area contributed by atoms with E-state index in [-0.39, 0.29) is 23.7 Å². The average molecular weight is 355 g/mol. The van der Waals surface area contributed by atoms with Crippen LogP contribution in [0.25, 0.3) is 0 Å². The Labute approximate surface area is 145 Å². The quantitative estimate of drug-likeness (QED) is 0.359. The molecule has 0 aliphatic heterocycles. The first-order chi connectivity index (χ1) is 11.0. The second kappa shape index (κ2) is 10.3. The summed E-state index contributed by atoms with van der Waals surface area (Å²) in [5, 5.41) is 10.9. The van der Waals surface area contributed by atoms with E-state index in [9.17, 15) is 14.9 Å². The lowest BCUT2D eigenvalue weighted by atomic mass is 9.93. The number of nitrogens with zero attached hydrogens (tertiary/aromatic N) is 1. The Morgan fingerprint density at radius 2 is 1.91 bits per heavy atom. The number of ether oxygens (including phenoxy) is 1. The zero-order valence-electron chi connectivity index (χ0n) is 13.5. The van der Waals surface area contributed by atoms with Crippen LogP contribution < -0.4 is 4.74 Å². The van der Waals surface area contributed by atoms with Crippen molar-refractivity contribution in [3.63, 3.8) is 0 Å². The van der Waals surface area contributed by atoms with Gasteiger partial charge in [-0.15, -0.1) is 23.5 Å². The molecule has 126 valence electrons. The van der Waals surface area contributed by atoms with Crippen LogP contribution in [-0.4, -0.2) is 36.4 Å². The van der Waals surface area contributed by atoms with Crippen molar-refractivity contribution in [2.24, 2.45) is 0 Å². The molecule has 0 radical (unpaired) electrons. The fraction of sp³-hybridized carbons (Fsp3) is 0.438. The van der Waals surface area contributed by atoms with Gasteiger partial charge in [0.15, 0.2) is 5.78 Å². The van der Waals surface area contributed by atoms with Crippen LogP contribution in [0.2, 0.25) is 0 Å². The van der Waals surface area contributed by atoms with Crippen molar-refractivity contribution in [2.75, 3.05) is 25.7 Å². The van der Waals surface area contributed by atoms with Gasteiger partial charge in [0.2, 0.25) is 6.54 Å². The third kappa shape index (κ3) is 7.09. The molecule has 1 unspecified atom stereocenters. The van der Waals surface area contributed by atoms with Gasteiger partial charge < -0.3 is 4.74 Å². The van der Waals surface area contributed by atoms with Crippen LogP contribution in [0, 0.1) is 10.1 Å². The van der Waals surface area contributed by atoms with Gasteiger partial charge >= 0.3 is 0 Å². The smallest absolute Gasteiger partial charge is 0.211 e. The predicted octanol–water partition coefficient (Wildman–Crippen LogP) is 3.97. The third-order valence-corrected chi connectivity index (χ3v) is 5.20. The number of hydrogen-bond acceptors (Lipinski definition) is 6. The van der Waals surface area contributed by atoms with E-state index >= 15 is 0 Å². The molecule has 0 fully saturated rings. The van der Waals surface area contributed by atoms with Gasteiger partial charge in [-0.2, -0.15) is 0 Å². The molecule has 5 nitrogen and oxygen atoms in total. The van der Waals surface area contributed by atoms with Gasteiger partial charge in [-0.3, -0.25) is 14.9 Å². The fourth-order valence-corrected chi connectivity index (χ4v) is 3.27. The summed E-state index contributed by atoms with van der Waals surface area (Å²) >= 11 is 2.99. The zero-order valence-corrected chi connectivity index (χ0v) is 15.1. The number of benzene rings is 1. The Morgan fingerprint density at radius 3 is 2.39 bits per heavy atom. The van der Waals surface area contributed by atoms with E-state index in [1.165, 1.54) is 23.5 Å². The maximum Gasteiger partial charge on any atom is 0.211 e. The molecule has 0 aromatic heterocycles. The molecule has 0 bridgehead atoms. The van der Waals surface area contributed by atoms with E-state index in [1.54, 1.807) is 30.3 Å². The molecule has 23 heavy (non-hydrogen) atoms. The van der Waals surface area contributed by atoms with Crippen LogP contribution in [0.5, 0.6) is 5.75 Å². The minimum Gasteiger partial charge on any atom is -0.494 e. The van der Waals surface area contributed by atoms with Crippen molar-refractivity contribution in [3.8, 4) is 5.75 Å².